The van der Waals surface area contributed by atoms with E-state index in [1.807, 2.05) is 0 Å². The monoisotopic (exact) mass is 423 g/mol. The highest BCUT2D eigenvalue weighted by molar-refractivity contribution is 5.98. The quantitative estimate of drug-likeness (QED) is 0.626. The van der Waals surface area contributed by atoms with E-state index in [1.165, 1.54) is 6.07 Å². The molecule has 0 spiro atoms. The van der Waals surface area contributed by atoms with Crippen LogP contribution in [0, 0.1) is 5.92 Å². The molecule has 1 atom stereocenters. The summed E-state index contributed by atoms with van der Waals surface area (Å²) in [4.78, 5) is 53.8. The Morgan fingerprint density at radius 3 is 2.76 bits per heavy atom. The number of hydrogen-bond acceptors (Lipinski definition) is 5. The number of rotatable bonds is 5. The van der Waals surface area contributed by atoms with Crippen LogP contribution in [0.1, 0.15) is 30.1 Å². The number of nitrogens with two attached hydrogens (primary N) is 1. The van der Waals surface area contributed by atoms with Crippen LogP contribution >= 0.6 is 12.4 Å². The van der Waals surface area contributed by atoms with Crippen molar-refractivity contribution in [1.82, 2.24) is 19.8 Å². The number of piperidine rings is 1. The maximum absolute atomic E-state index is 12.9. The molecule has 9 nitrogen and oxygen atoms in total. The predicted octanol–water partition coefficient (Wildman–Crippen LogP) is 0.0586. The fraction of sp³-hybridized carbons (Fsp3) is 0.474. The summed E-state index contributed by atoms with van der Waals surface area (Å²) >= 11 is 0. The molecule has 1 unspecified atom stereocenters. The second-order valence-electron chi connectivity index (χ2n) is 6.91. The van der Waals surface area contributed by atoms with Crippen molar-refractivity contribution < 1.29 is 9.59 Å². The van der Waals surface area contributed by atoms with Gasteiger partial charge in [-0.3, -0.25) is 19.0 Å². The van der Waals surface area contributed by atoms with Crippen LogP contribution in [0.25, 0.3) is 10.9 Å². The molecule has 1 aromatic heterocycles. The lowest BCUT2D eigenvalue weighted by Gasteiger charge is -2.32. The van der Waals surface area contributed by atoms with Gasteiger partial charge in [0.05, 0.1) is 16.8 Å². The first kappa shape index (κ1) is 22.6. The van der Waals surface area contributed by atoms with E-state index >= 15 is 0 Å². The second kappa shape index (κ2) is 9.71. The summed E-state index contributed by atoms with van der Waals surface area (Å²) in [6.07, 6.45) is 1.46. The number of amides is 2. The third-order valence-electron chi connectivity index (χ3n) is 5.07. The van der Waals surface area contributed by atoms with Gasteiger partial charge in [-0.2, -0.15) is 0 Å². The molecule has 158 valence electrons. The molecular weight excluding hydrogens is 398 g/mol. The molecule has 0 saturated carbocycles. The van der Waals surface area contributed by atoms with Gasteiger partial charge in [0.25, 0.3) is 11.5 Å². The zero-order valence-corrected chi connectivity index (χ0v) is 17.1. The molecule has 0 bridgehead atoms. The van der Waals surface area contributed by atoms with Gasteiger partial charge in [0, 0.05) is 38.3 Å². The molecule has 29 heavy (non-hydrogen) atoms. The Hall–Kier alpha value is -2.65. The van der Waals surface area contributed by atoms with Gasteiger partial charge >= 0.3 is 5.69 Å². The van der Waals surface area contributed by atoms with Crippen LogP contribution in [0.15, 0.2) is 27.8 Å². The minimum atomic E-state index is -0.501. The molecule has 3 rings (SSSR count). The number of H-pyrrole nitrogens is 1. The summed E-state index contributed by atoms with van der Waals surface area (Å²) in [6.45, 7) is 3.67. The first-order chi connectivity index (χ1) is 13.5. The maximum atomic E-state index is 12.9. The molecule has 1 aliphatic heterocycles. The Morgan fingerprint density at radius 2 is 2.07 bits per heavy atom. The smallest absolute Gasteiger partial charge is 0.328 e. The van der Waals surface area contributed by atoms with Gasteiger partial charge in [0.1, 0.15) is 0 Å². The van der Waals surface area contributed by atoms with Crippen LogP contribution in [-0.4, -0.2) is 52.4 Å². The summed E-state index contributed by atoms with van der Waals surface area (Å²) in [7, 11) is 0. The van der Waals surface area contributed by atoms with Gasteiger partial charge in [0.2, 0.25) is 5.91 Å². The number of aromatic nitrogens is 2. The molecule has 1 aromatic carbocycles. The Labute approximate surface area is 173 Å². The topological polar surface area (TPSA) is 130 Å². The van der Waals surface area contributed by atoms with E-state index in [-0.39, 0.29) is 42.2 Å². The number of hydrogen-bond donors (Lipinski definition) is 3. The third-order valence-corrected chi connectivity index (χ3v) is 5.07. The zero-order chi connectivity index (χ0) is 20.3. The number of carbonyl (C=O) groups excluding carboxylic acids is 2. The van der Waals surface area contributed by atoms with Crippen LogP contribution < -0.4 is 22.3 Å². The molecule has 1 fully saturated rings. The number of nitrogens with one attached hydrogen (secondary N) is 2. The highest BCUT2D eigenvalue weighted by Gasteiger charge is 2.28. The van der Waals surface area contributed by atoms with Crippen molar-refractivity contribution in [1.29, 1.82) is 0 Å². The van der Waals surface area contributed by atoms with Crippen molar-refractivity contribution in [3.05, 3.63) is 44.6 Å². The highest BCUT2D eigenvalue weighted by atomic mass is 35.5. The zero-order valence-electron chi connectivity index (χ0n) is 16.3. The predicted molar refractivity (Wildman–Crippen MR) is 112 cm³/mol. The molecule has 4 N–H and O–H groups in total. The Balaban J connectivity index is 0.00000300. The summed E-state index contributed by atoms with van der Waals surface area (Å²) in [5.74, 6) is -0.578. The fourth-order valence-corrected chi connectivity index (χ4v) is 3.57. The SMILES string of the molecule is CCn1c(=O)[nH]c2cc(C(=O)N3CCCC(C(=O)NCCN)C3)ccc2c1=O.Cl. The molecule has 0 aliphatic carbocycles. The van der Waals surface area contributed by atoms with Crippen LogP contribution in [0.4, 0.5) is 0 Å². The fourth-order valence-electron chi connectivity index (χ4n) is 3.57. The number of halogens is 1. The second-order valence-corrected chi connectivity index (χ2v) is 6.91. The van der Waals surface area contributed by atoms with Gasteiger partial charge in [-0.15, -0.1) is 12.4 Å². The molecule has 0 radical (unpaired) electrons. The van der Waals surface area contributed by atoms with Gasteiger partial charge in [-0.25, -0.2) is 4.79 Å². The third kappa shape index (κ3) is 4.68. The summed E-state index contributed by atoms with van der Waals surface area (Å²) in [6, 6.07) is 4.67. The lowest BCUT2D eigenvalue weighted by atomic mass is 9.96. The number of fused-ring (bicyclic) bond motifs is 1. The minimum Gasteiger partial charge on any atom is -0.355 e. The summed E-state index contributed by atoms with van der Waals surface area (Å²) in [5, 5.41) is 3.13. The Morgan fingerprint density at radius 1 is 1.31 bits per heavy atom. The van der Waals surface area contributed by atoms with E-state index in [0.717, 1.165) is 17.4 Å². The van der Waals surface area contributed by atoms with Crippen LogP contribution in [-0.2, 0) is 11.3 Å². The lowest BCUT2D eigenvalue weighted by molar-refractivity contribution is -0.126. The number of nitrogens with zero attached hydrogens (tertiary/aromatic N) is 2. The number of carbonyl (C=O) groups is 2. The largest absolute Gasteiger partial charge is 0.355 e. The van der Waals surface area contributed by atoms with E-state index in [0.29, 0.717) is 42.6 Å². The minimum absolute atomic E-state index is 0. The van der Waals surface area contributed by atoms with Crippen LogP contribution in [0.5, 0.6) is 0 Å². The average Bonchev–Trinajstić information content (AvgIpc) is 2.71. The molecular formula is C19H26ClN5O4. The van der Waals surface area contributed by atoms with Gasteiger partial charge in [-0.1, -0.05) is 0 Å². The molecule has 2 amide bonds. The van der Waals surface area contributed by atoms with E-state index in [1.54, 1.807) is 24.0 Å². The van der Waals surface area contributed by atoms with Crippen molar-refractivity contribution in [2.75, 3.05) is 26.2 Å². The van der Waals surface area contributed by atoms with Crippen molar-refractivity contribution in [2.45, 2.75) is 26.3 Å². The van der Waals surface area contributed by atoms with Crippen molar-refractivity contribution in [3.63, 3.8) is 0 Å². The van der Waals surface area contributed by atoms with Gasteiger partial charge < -0.3 is 20.9 Å². The summed E-state index contributed by atoms with van der Waals surface area (Å²) < 4.78 is 1.11. The van der Waals surface area contributed by atoms with Crippen LogP contribution in [0.3, 0.4) is 0 Å². The number of benzene rings is 1. The standard InChI is InChI=1S/C19H25N5O4.ClH/c1-2-24-18(27)14-6-5-12(10-15(14)22-19(24)28)17(26)23-9-3-4-13(11-23)16(25)21-8-7-20;/h5-6,10,13H,2-4,7-9,11,20H2,1H3,(H,21,25)(H,22,28);1H. The van der Waals surface area contributed by atoms with E-state index in [2.05, 4.69) is 10.3 Å². The highest BCUT2D eigenvalue weighted by Crippen LogP contribution is 2.20. The van der Waals surface area contributed by atoms with Crippen molar-refractivity contribution in [3.8, 4) is 0 Å². The van der Waals surface area contributed by atoms with Gasteiger partial charge in [-0.05, 0) is 38.0 Å². The summed E-state index contributed by atoms with van der Waals surface area (Å²) in [5.41, 5.74) is 5.24. The van der Waals surface area contributed by atoms with Crippen LogP contribution in [0.2, 0.25) is 0 Å². The first-order valence-electron chi connectivity index (χ1n) is 9.50. The normalized spacial score (nSPS) is 16.3. The molecule has 1 saturated heterocycles. The van der Waals surface area contributed by atoms with E-state index < -0.39 is 5.69 Å². The molecule has 2 aromatic rings. The average molecular weight is 424 g/mol. The molecule has 1 aliphatic rings. The van der Waals surface area contributed by atoms with Crippen molar-refractivity contribution in [2.24, 2.45) is 11.7 Å². The lowest BCUT2D eigenvalue weighted by Crippen LogP contribution is -2.46. The number of likely N-dealkylation sites (tertiary alicyclic amines) is 1. The number of aromatic amines is 1. The maximum Gasteiger partial charge on any atom is 0.328 e. The van der Waals surface area contributed by atoms with E-state index in [4.69, 9.17) is 5.73 Å². The van der Waals surface area contributed by atoms with Crippen molar-refractivity contribution >= 4 is 35.1 Å². The van der Waals surface area contributed by atoms with Gasteiger partial charge in [0.15, 0.2) is 0 Å². The molecule has 2 heterocycles. The van der Waals surface area contributed by atoms with E-state index in [9.17, 15) is 19.2 Å². The first-order valence-corrected chi connectivity index (χ1v) is 9.50. The molecule has 10 heteroatoms. The Kier molecular flexibility index (Phi) is 7.58. The Bertz CT molecular complexity index is 1020.